The van der Waals surface area contributed by atoms with Crippen molar-refractivity contribution in [3.05, 3.63) is 46.8 Å². The number of nitrogens with zero attached hydrogens (tertiary/aromatic N) is 3. The molecule has 22 heavy (non-hydrogen) atoms. The summed E-state index contributed by atoms with van der Waals surface area (Å²) in [6.45, 7) is 2.14. The number of carbonyl (C=O) groups excluding carboxylic acids is 1. The number of pyridine rings is 1. The maximum absolute atomic E-state index is 12.7. The highest BCUT2D eigenvalue weighted by atomic mass is 16.2. The third-order valence-electron chi connectivity index (χ3n) is 3.67. The lowest BCUT2D eigenvalue weighted by Crippen LogP contribution is -2.46. The highest BCUT2D eigenvalue weighted by Crippen LogP contribution is 2.25. The van der Waals surface area contributed by atoms with Crippen molar-refractivity contribution in [2.24, 2.45) is 5.73 Å². The van der Waals surface area contributed by atoms with Crippen LogP contribution in [0.2, 0.25) is 0 Å². The maximum Gasteiger partial charge on any atom is 0.276 e. The van der Waals surface area contributed by atoms with Crippen LogP contribution >= 0.6 is 0 Å². The molecule has 3 rings (SSSR count). The van der Waals surface area contributed by atoms with Crippen LogP contribution in [0.1, 0.15) is 23.8 Å². The molecule has 3 heterocycles. The monoisotopic (exact) mass is 300 g/mol. The zero-order valence-electron chi connectivity index (χ0n) is 12.0. The highest BCUT2D eigenvalue weighted by molar-refractivity contribution is 5.95. The predicted molar refractivity (Wildman–Crippen MR) is 80.8 cm³/mol. The van der Waals surface area contributed by atoms with Gasteiger partial charge in [-0.3, -0.25) is 14.2 Å². The van der Waals surface area contributed by atoms with Gasteiger partial charge in [0, 0.05) is 12.6 Å². The van der Waals surface area contributed by atoms with E-state index in [2.05, 4.69) is 20.6 Å². The Morgan fingerprint density at radius 3 is 2.86 bits per heavy atom. The number of amides is 1. The van der Waals surface area contributed by atoms with Crippen LogP contribution in [0.3, 0.4) is 0 Å². The molecule has 2 aromatic heterocycles. The minimum Gasteiger partial charge on any atom is -0.336 e. The largest absolute Gasteiger partial charge is 0.336 e. The van der Waals surface area contributed by atoms with Crippen LogP contribution in [0.25, 0.3) is 0 Å². The molecule has 8 heteroatoms. The Bertz CT molecular complexity index is 773. The summed E-state index contributed by atoms with van der Waals surface area (Å²) in [5.74, 6) is 0.229. The molecule has 1 atom stereocenters. The van der Waals surface area contributed by atoms with E-state index in [0.29, 0.717) is 30.2 Å². The number of aromatic nitrogens is 3. The molecule has 0 spiro atoms. The van der Waals surface area contributed by atoms with Crippen molar-refractivity contribution in [3.63, 3.8) is 0 Å². The third-order valence-corrected chi connectivity index (χ3v) is 3.67. The molecule has 0 aliphatic carbocycles. The number of nitrogens with two attached hydrogens (primary N) is 1. The molecule has 0 saturated carbocycles. The van der Waals surface area contributed by atoms with Crippen molar-refractivity contribution in [2.75, 3.05) is 11.9 Å². The summed E-state index contributed by atoms with van der Waals surface area (Å²) in [5.41, 5.74) is 5.15. The van der Waals surface area contributed by atoms with E-state index in [9.17, 15) is 9.59 Å². The summed E-state index contributed by atoms with van der Waals surface area (Å²) in [5, 5.41) is 5.76. The predicted octanol–water partition coefficient (Wildman–Crippen LogP) is 0.147. The molecule has 0 fully saturated rings. The standard InChI is InChI=1S/C14H16N6O2/c1-14(5-6-15)19-12(21)10-3-2-9(13(22)20(10)14)18-11-4-7-16-8-17-11/h2-4,7-8H,5-6,15H2,1H3,(H,19,21)(H,16,17,18). The fraction of sp³-hybridized carbons (Fsp3) is 0.286. The molecular weight excluding hydrogens is 284 g/mol. The van der Waals surface area contributed by atoms with Gasteiger partial charge in [-0.1, -0.05) is 0 Å². The minimum atomic E-state index is -0.818. The number of nitrogens with one attached hydrogen (secondary N) is 2. The lowest BCUT2D eigenvalue weighted by molar-refractivity contribution is 0.0923. The molecule has 114 valence electrons. The van der Waals surface area contributed by atoms with E-state index < -0.39 is 5.66 Å². The minimum absolute atomic E-state index is 0.276. The molecule has 1 aliphatic rings. The zero-order chi connectivity index (χ0) is 15.7. The molecule has 0 bridgehead atoms. The van der Waals surface area contributed by atoms with Crippen LogP contribution in [-0.2, 0) is 5.66 Å². The van der Waals surface area contributed by atoms with Gasteiger partial charge in [-0.2, -0.15) is 0 Å². The van der Waals surface area contributed by atoms with Crippen LogP contribution in [0.15, 0.2) is 35.5 Å². The average Bonchev–Trinajstić information content (AvgIpc) is 2.75. The first-order chi connectivity index (χ1) is 10.5. The number of carbonyl (C=O) groups is 1. The highest BCUT2D eigenvalue weighted by Gasteiger charge is 2.39. The van der Waals surface area contributed by atoms with Crippen molar-refractivity contribution in [1.29, 1.82) is 0 Å². The van der Waals surface area contributed by atoms with Gasteiger partial charge in [-0.05, 0) is 31.7 Å². The second-order valence-corrected chi connectivity index (χ2v) is 5.26. The van der Waals surface area contributed by atoms with Crippen LogP contribution in [0, 0.1) is 0 Å². The molecule has 1 amide bonds. The zero-order valence-corrected chi connectivity index (χ0v) is 12.0. The van der Waals surface area contributed by atoms with E-state index in [1.165, 1.54) is 10.9 Å². The number of hydrogen-bond acceptors (Lipinski definition) is 6. The second kappa shape index (κ2) is 5.23. The Kier molecular flexibility index (Phi) is 3.38. The number of hydrogen-bond donors (Lipinski definition) is 3. The molecular formula is C14H16N6O2. The van der Waals surface area contributed by atoms with Gasteiger partial charge < -0.3 is 16.4 Å². The third kappa shape index (κ3) is 2.23. The first-order valence-electron chi connectivity index (χ1n) is 6.87. The van der Waals surface area contributed by atoms with E-state index in [-0.39, 0.29) is 11.5 Å². The van der Waals surface area contributed by atoms with Crippen LogP contribution in [0.5, 0.6) is 0 Å². The summed E-state index contributed by atoms with van der Waals surface area (Å²) in [4.78, 5) is 32.6. The van der Waals surface area contributed by atoms with Crippen molar-refractivity contribution >= 4 is 17.4 Å². The summed E-state index contributed by atoms with van der Waals surface area (Å²) < 4.78 is 1.45. The summed E-state index contributed by atoms with van der Waals surface area (Å²) >= 11 is 0. The van der Waals surface area contributed by atoms with Gasteiger partial charge in [0.15, 0.2) is 0 Å². The van der Waals surface area contributed by atoms with E-state index in [0.717, 1.165) is 0 Å². The van der Waals surface area contributed by atoms with Crippen LogP contribution in [-0.4, -0.2) is 27.0 Å². The van der Waals surface area contributed by atoms with Gasteiger partial charge in [0.05, 0.1) is 0 Å². The molecule has 2 aromatic rings. The van der Waals surface area contributed by atoms with Gasteiger partial charge >= 0.3 is 0 Å². The fourth-order valence-corrected chi connectivity index (χ4v) is 2.62. The Labute approximate surface area is 126 Å². The second-order valence-electron chi connectivity index (χ2n) is 5.26. The van der Waals surface area contributed by atoms with E-state index >= 15 is 0 Å². The van der Waals surface area contributed by atoms with E-state index in [1.54, 1.807) is 31.3 Å². The Balaban J connectivity index is 2.07. The van der Waals surface area contributed by atoms with Crippen molar-refractivity contribution in [3.8, 4) is 0 Å². The number of anilines is 2. The van der Waals surface area contributed by atoms with Crippen LogP contribution < -0.4 is 21.9 Å². The normalized spacial score (nSPS) is 19.6. The smallest absolute Gasteiger partial charge is 0.276 e. The Morgan fingerprint density at radius 1 is 1.36 bits per heavy atom. The molecule has 8 nitrogen and oxygen atoms in total. The fourth-order valence-electron chi connectivity index (χ4n) is 2.62. The van der Waals surface area contributed by atoms with Crippen molar-refractivity contribution in [2.45, 2.75) is 19.0 Å². The summed E-state index contributed by atoms with van der Waals surface area (Å²) in [6.07, 6.45) is 3.42. The molecule has 0 radical (unpaired) electrons. The maximum atomic E-state index is 12.7. The van der Waals surface area contributed by atoms with Crippen LogP contribution in [0.4, 0.5) is 11.5 Å². The number of rotatable bonds is 4. The van der Waals surface area contributed by atoms with Gasteiger partial charge in [-0.25, -0.2) is 9.97 Å². The molecule has 0 saturated heterocycles. The Morgan fingerprint density at radius 2 is 2.18 bits per heavy atom. The Hall–Kier alpha value is -2.74. The summed E-state index contributed by atoms with van der Waals surface area (Å²) in [7, 11) is 0. The van der Waals surface area contributed by atoms with Crippen molar-refractivity contribution in [1.82, 2.24) is 19.9 Å². The van der Waals surface area contributed by atoms with Crippen molar-refractivity contribution < 1.29 is 4.79 Å². The SMILES string of the molecule is CC1(CCN)NC(=O)c2ccc(Nc3ccncn3)c(=O)n21. The van der Waals surface area contributed by atoms with Gasteiger partial charge in [0.25, 0.3) is 11.5 Å². The van der Waals surface area contributed by atoms with Gasteiger partial charge in [0.1, 0.15) is 29.2 Å². The molecule has 1 aliphatic heterocycles. The van der Waals surface area contributed by atoms with E-state index in [4.69, 9.17) is 5.73 Å². The van der Waals surface area contributed by atoms with Gasteiger partial charge in [-0.15, -0.1) is 0 Å². The molecule has 4 N–H and O–H groups in total. The molecule has 1 unspecified atom stereocenters. The summed E-state index contributed by atoms with van der Waals surface area (Å²) in [6, 6.07) is 4.84. The molecule has 0 aromatic carbocycles. The first kappa shape index (κ1) is 14.2. The van der Waals surface area contributed by atoms with Gasteiger partial charge in [0.2, 0.25) is 0 Å². The lowest BCUT2D eigenvalue weighted by atomic mass is 10.1. The quantitative estimate of drug-likeness (QED) is 0.740. The van der Waals surface area contributed by atoms with E-state index in [1.807, 2.05) is 0 Å². The lowest BCUT2D eigenvalue weighted by Gasteiger charge is -2.26. The topological polar surface area (TPSA) is 115 Å². The first-order valence-corrected chi connectivity index (χ1v) is 6.87. The average molecular weight is 300 g/mol. The number of fused-ring (bicyclic) bond motifs is 1.